The Bertz CT molecular complexity index is 2230. The minimum absolute atomic E-state index is 0.964. The second kappa shape index (κ2) is 9.07. The molecule has 5 aromatic heterocycles. The Labute approximate surface area is 240 Å². The number of H-pyrrole nitrogens is 3. The number of allylic oxidation sites excluding steroid dienone is 2. The van der Waals surface area contributed by atoms with Crippen molar-refractivity contribution in [1.29, 1.82) is 0 Å². The van der Waals surface area contributed by atoms with Crippen molar-refractivity contribution in [3.63, 3.8) is 0 Å². The summed E-state index contributed by atoms with van der Waals surface area (Å²) >= 11 is 0. The maximum absolute atomic E-state index is 5.18. The second-order valence-electron chi connectivity index (χ2n) is 11.7. The maximum atomic E-state index is 5.18. The van der Waals surface area contributed by atoms with Gasteiger partial charge in [-0.05, 0) is 123 Å². The lowest BCUT2D eigenvalue weighted by atomic mass is 10.0. The molecule has 0 fully saturated rings. The standard InChI is InChI=1S/C36H37N5/c1-9-23-24(10-2)34-16-30-20(6)18(4)28(38-30)14-32-22(8)26-12-11-25-21(7)31(40-35(25)36(26)41-32)13-27-17(3)19(5)29(37-27)15-33(23)39-34/h11-16,37,39-40H,9-10H2,1-8H3. The molecule has 41 heavy (non-hydrogen) atoms. The van der Waals surface area contributed by atoms with Gasteiger partial charge < -0.3 is 15.0 Å². The van der Waals surface area contributed by atoms with Crippen molar-refractivity contribution >= 4 is 66.1 Å². The van der Waals surface area contributed by atoms with Gasteiger partial charge in [-0.15, -0.1) is 0 Å². The first kappa shape index (κ1) is 25.6. The van der Waals surface area contributed by atoms with E-state index in [0.29, 0.717) is 0 Å². The number of hydrogen-bond acceptors (Lipinski definition) is 2. The second-order valence-corrected chi connectivity index (χ2v) is 11.7. The molecule has 0 radical (unpaired) electrons. The maximum Gasteiger partial charge on any atom is 0.0953 e. The van der Waals surface area contributed by atoms with Crippen LogP contribution in [0.15, 0.2) is 36.4 Å². The smallest absolute Gasteiger partial charge is 0.0953 e. The molecular weight excluding hydrogens is 502 g/mol. The highest BCUT2D eigenvalue weighted by molar-refractivity contribution is 6.11. The summed E-state index contributed by atoms with van der Waals surface area (Å²) in [4.78, 5) is 21.6. The quantitative estimate of drug-likeness (QED) is 0.205. The zero-order valence-corrected chi connectivity index (χ0v) is 25.3. The van der Waals surface area contributed by atoms with Gasteiger partial charge in [-0.1, -0.05) is 26.0 Å². The Morgan fingerprint density at radius 2 is 1.07 bits per heavy atom. The fourth-order valence-corrected chi connectivity index (χ4v) is 6.67. The molecule has 0 saturated carbocycles. The minimum Gasteiger partial charge on any atom is -0.355 e. The Morgan fingerprint density at radius 3 is 1.73 bits per heavy atom. The van der Waals surface area contributed by atoms with E-state index in [0.717, 1.165) is 62.8 Å². The zero-order valence-electron chi connectivity index (χ0n) is 25.3. The molecule has 0 atom stereocenters. The minimum atomic E-state index is 0.964. The number of aromatic nitrogens is 5. The fourth-order valence-electron chi connectivity index (χ4n) is 6.67. The molecule has 1 aliphatic rings. The van der Waals surface area contributed by atoms with E-state index in [-0.39, 0.29) is 0 Å². The van der Waals surface area contributed by atoms with Crippen LogP contribution < -0.4 is 0 Å². The molecule has 5 heteroatoms. The molecule has 0 amide bonds. The lowest BCUT2D eigenvalue weighted by Crippen LogP contribution is -1.86. The van der Waals surface area contributed by atoms with E-state index in [2.05, 4.69) is 107 Å². The van der Waals surface area contributed by atoms with Crippen LogP contribution in [0.3, 0.4) is 0 Å². The molecule has 1 aliphatic heterocycles. The van der Waals surface area contributed by atoms with Gasteiger partial charge in [0.15, 0.2) is 0 Å². The number of nitrogens with zero attached hydrogens (tertiary/aromatic N) is 2. The first-order valence-corrected chi connectivity index (χ1v) is 14.7. The number of fused-ring (bicyclic) bond motifs is 8. The van der Waals surface area contributed by atoms with Crippen LogP contribution in [-0.4, -0.2) is 24.9 Å². The van der Waals surface area contributed by atoms with Gasteiger partial charge in [0.1, 0.15) is 0 Å². The van der Waals surface area contributed by atoms with Crippen molar-refractivity contribution in [3.8, 4) is 0 Å². The molecule has 5 nitrogen and oxygen atoms in total. The molecule has 0 aliphatic carbocycles. The summed E-state index contributed by atoms with van der Waals surface area (Å²) in [6.45, 7) is 17.6. The third kappa shape index (κ3) is 3.68. The predicted molar refractivity (Wildman–Crippen MR) is 175 cm³/mol. The van der Waals surface area contributed by atoms with Crippen LogP contribution in [0.1, 0.15) is 72.5 Å². The van der Waals surface area contributed by atoms with Crippen LogP contribution in [0, 0.1) is 27.7 Å². The summed E-state index contributed by atoms with van der Waals surface area (Å²) in [5, 5.41) is 2.39. The normalized spacial score (nSPS) is 13.0. The first-order valence-electron chi connectivity index (χ1n) is 14.7. The highest BCUT2D eigenvalue weighted by Gasteiger charge is 2.17. The average Bonchev–Trinajstić information content (AvgIpc) is 3.70. The highest BCUT2D eigenvalue weighted by atomic mass is 14.8. The van der Waals surface area contributed by atoms with Crippen molar-refractivity contribution in [1.82, 2.24) is 24.9 Å². The van der Waals surface area contributed by atoms with Crippen LogP contribution in [0.25, 0.3) is 66.1 Å². The number of rotatable bonds is 2. The van der Waals surface area contributed by atoms with Crippen LogP contribution in [-0.2, 0) is 12.8 Å². The molecule has 7 rings (SSSR count). The number of aryl methyl sites for hydroxylation is 6. The topological polar surface area (TPSA) is 73.2 Å². The molecule has 6 heterocycles. The summed E-state index contributed by atoms with van der Waals surface area (Å²) < 4.78 is 0. The third-order valence-corrected chi connectivity index (χ3v) is 9.60. The van der Waals surface area contributed by atoms with E-state index in [1.54, 1.807) is 0 Å². The lowest BCUT2D eigenvalue weighted by molar-refractivity contribution is 1.07. The fraction of sp³-hybridized carbons (Fsp3) is 0.278. The van der Waals surface area contributed by atoms with E-state index < -0.39 is 0 Å². The van der Waals surface area contributed by atoms with Crippen LogP contribution >= 0.6 is 0 Å². The molecule has 6 aromatic rings. The van der Waals surface area contributed by atoms with Crippen LogP contribution in [0.4, 0.5) is 0 Å². The summed E-state index contributed by atoms with van der Waals surface area (Å²) in [5.74, 6) is 0. The van der Waals surface area contributed by atoms with Gasteiger partial charge in [0.2, 0.25) is 0 Å². The van der Waals surface area contributed by atoms with Crippen molar-refractivity contribution < 1.29 is 0 Å². The van der Waals surface area contributed by atoms with E-state index in [9.17, 15) is 0 Å². The SMILES string of the molecule is CCc1c(CC)c2cc3[nH]c(cc4[nH]c5c(ccc6c(C)c(cc7nc(cc1[nH]2)C(C)=C7C)nc65)c4C)c(C)c3C. The predicted octanol–water partition coefficient (Wildman–Crippen LogP) is 9.54. The molecule has 10 bridgehead atoms. The van der Waals surface area contributed by atoms with Gasteiger partial charge in [-0.25, -0.2) is 9.97 Å². The van der Waals surface area contributed by atoms with Crippen LogP contribution in [0.2, 0.25) is 0 Å². The number of nitrogens with one attached hydrogen (secondary N) is 3. The Hall–Kier alpha value is -4.38. The van der Waals surface area contributed by atoms with E-state index >= 15 is 0 Å². The molecule has 1 aromatic carbocycles. The first-order chi connectivity index (χ1) is 19.7. The van der Waals surface area contributed by atoms with E-state index in [1.165, 1.54) is 60.8 Å². The Kier molecular flexibility index (Phi) is 5.66. The summed E-state index contributed by atoms with van der Waals surface area (Å²) in [6, 6.07) is 13.4. The molecule has 206 valence electrons. The van der Waals surface area contributed by atoms with Gasteiger partial charge in [0, 0.05) is 38.4 Å². The zero-order chi connectivity index (χ0) is 28.7. The van der Waals surface area contributed by atoms with Gasteiger partial charge in [0.05, 0.1) is 27.9 Å². The van der Waals surface area contributed by atoms with Crippen molar-refractivity contribution in [3.05, 3.63) is 81.2 Å². The summed E-state index contributed by atoms with van der Waals surface area (Å²) in [7, 11) is 0. The lowest BCUT2D eigenvalue weighted by Gasteiger charge is -1.99. The Morgan fingerprint density at radius 1 is 0.537 bits per heavy atom. The highest BCUT2D eigenvalue weighted by Crippen LogP contribution is 2.35. The molecule has 0 unspecified atom stereocenters. The van der Waals surface area contributed by atoms with Crippen molar-refractivity contribution in [2.75, 3.05) is 0 Å². The largest absolute Gasteiger partial charge is 0.355 e. The average molecular weight is 540 g/mol. The van der Waals surface area contributed by atoms with Gasteiger partial charge in [-0.3, -0.25) is 0 Å². The van der Waals surface area contributed by atoms with Crippen molar-refractivity contribution in [2.24, 2.45) is 0 Å². The molecular formula is C36H37N5. The third-order valence-electron chi connectivity index (χ3n) is 9.60. The molecule has 3 N–H and O–H groups in total. The van der Waals surface area contributed by atoms with E-state index in [4.69, 9.17) is 9.97 Å². The summed E-state index contributed by atoms with van der Waals surface area (Å²) in [6.07, 6.45) is 1.93. The number of hydrogen-bond donors (Lipinski definition) is 3. The van der Waals surface area contributed by atoms with Crippen LogP contribution in [0.5, 0.6) is 0 Å². The molecule has 0 spiro atoms. The number of benzene rings is 1. The Balaban J connectivity index is 1.71. The van der Waals surface area contributed by atoms with Gasteiger partial charge in [-0.2, -0.15) is 0 Å². The van der Waals surface area contributed by atoms with Crippen molar-refractivity contribution in [2.45, 2.75) is 68.2 Å². The van der Waals surface area contributed by atoms with Gasteiger partial charge >= 0.3 is 0 Å². The monoisotopic (exact) mass is 539 g/mol. The molecule has 0 saturated heterocycles. The number of aromatic amines is 3. The van der Waals surface area contributed by atoms with Gasteiger partial charge in [0.25, 0.3) is 0 Å². The van der Waals surface area contributed by atoms with E-state index in [1.807, 2.05) is 0 Å². The summed E-state index contributed by atoms with van der Waals surface area (Å²) in [5.41, 5.74) is 20.9.